The molecule has 5 rings (SSSR count). The van der Waals surface area contributed by atoms with Crippen LogP contribution in [0.3, 0.4) is 0 Å². The Morgan fingerprint density at radius 1 is 0.776 bits per heavy atom. The van der Waals surface area contributed by atoms with E-state index in [-0.39, 0.29) is 47.7 Å². The van der Waals surface area contributed by atoms with E-state index in [9.17, 15) is 65.4 Å². The van der Waals surface area contributed by atoms with E-state index in [1.165, 1.54) is 6.07 Å². The third-order valence-electron chi connectivity index (χ3n) is 7.73. The number of rotatable bonds is 10. The van der Waals surface area contributed by atoms with Gasteiger partial charge in [0.25, 0.3) is 0 Å². The van der Waals surface area contributed by atoms with Crippen molar-refractivity contribution in [3.8, 4) is 34.3 Å². The van der Waals surface area contributed by atoms with Gasteiger partial charge in [0.1, 0.15) is 64.9 Å². The fourth-order valence-corrected chi connectivity index (χ4v) is 5.18. The lowest BCUT2D eigenvalue weighted by Gasteiger charge is -2.42. The van der Waals surface area contributed by atoms with Gasteiger partial charge < -0.3 is 79.2 Å². The number of aliphatic hydroxyl groups excluding tert-OH is 6. The van der Waals surface area contributed by atoms with E-state index in [1.807, 2.05) is 0 Å². The highest BCUT2D eigenvalue weighted by atomic mass is 16.8. The van der Waals surface area contributed by atoms with Gasteiger partial charge in [-0.2, -0.15) is 0 Å². The number of carboxylic acid groups (broad SMARTS) is 1. The number of aromatic hydroxyl groups is 3. The Morgan fingerprint density at radius 2 is 1.47 bits per heavy atom. The smallest absolute Gasteiger partial charge is 0.340 e. The quantitative estimate of drug-likeness (QED) is 0.0600. The molecule has 10 N–H and O–H groups in total. The van der Waals surface area contributed by atoms with Crippen LogP contribution in [0.25, 0.3) is 22.3 Å². The molecule has 10 atom stereocenters. The highest BCUT2D eigenvalue weighted by Gasteiger charge is 2.53. The van der Waals surface area contributed by atoms with E-state index >= 15 is 0 Å². The SMILES string of the molecule is O=C(O)C1OC(OC(=O)C2OC(Oc3cc(O)c4c(=O)cc(-c5ccc(O)c(O)c5)oc4c3)C(OCCCO)C(O)C2O)C(O)C(O)C1O. The van der Waals surface area contributed by atoms with Gasteiger partial charge in [-0.1, -0.05) is 0 Å². The first-order chi connectivity index (χ1) is 23.2. The average molecular weight is 697 g/mol. The van der Waals surface area contributed by atoms with Crippen LogP contribution >= 0.6 is 0 Å². The first kappa shape index (κ1) is 35.7. The van der Waals surface area contributed by atoms with Crippen LogP contribution in [0, 0.1) is 0 Å². The number of ether oxygens (including phenoxy) is 5. The molecular weight excluding hydrogens is 664 g/mol. The summed E-state index contributed by atoms with van der Waals surface area (Å²) in [4.78, 5) is 37.4. The minimum absolute atomic E-state index is 0.0604. The van der Waals surface area contributed by atoms with Crippen LogP contribution in [-0.2, 0) is 28.5 Å². The molecule has 2 saturated heterocycles. The summed E-state index contributed by atoms with van der Waals surface area (Å²) in [7, 11) is 0. The lowest BCUT2D eigenvalue weighted by molar-refractivity contribution is -0.306. The molecule has 0 bridgehead atoms. The van der Waals surface area contributed by atoms with Crippen molar-refractivity contribution in [1.29, 1.82) is 0 Å². The van der Waals surface area contributed by atoms with Gasteiger partial charge in [0.05, 0.1) is 0 Å². The second-order valence-corrected chi connectivity index (χ2v) is 11.1. The summed E-state index contributed by atoms with van der Waals surface area (Å²) in [6.45, 7) is -0.532. The number of hydrogen-bond donors (Lipinski definition) is 10. The van der Waals surface area contributed by atoms with Gasteiger partial charge in [-0.25, -0.2) is 9.59 Å². The van der Waals surface area contributed by atoms with E-state index in [0.29, 0.717) is 0 Å². The van der Waals surface area contributed by atoms with Gasteiger partial charge in [0, 0.05) is 37.0 Å². The monoisotopic (exact) mass is 696 g/mol. The molecule has 0 saturated carbocycles. The Morgan fingerprint density at radius 3 is 2.14 bits per heavy atom. The topological polar surface area (TPSA) is 313 Å². The van der Waals surface area contributed by atoms with E-state index < -0.39 is 96.0 Å². The van der Waals surface area contributed by atoms with Gasteiger partial charge in [0.15, 0.2) is 29.1 Å². The molecule has 2 fully saturated rings. The number of phenols is 3. The normalized spacial score (nSPS) is 30.2. The molecule has 0 spiro atoms. The molecule has 3 heterocycles. The van der Waals surface area contributed by atoms with Gasteiger partial charge in [-0.05, 0) is 24.6 Å². The number of aliphatic carboxylic acids is 1. The molecule has 0 amide bonds. The molecule has 2 aliphatic heterocycles. The van der Waals surface area contributed by atoms with Crippen molar-refractivity contribution in [2.24, 2.45) is 0 Å². The van der Waals surface area contributed by atoms with E-state index in [0.717, 1.165) is 30.3 Å². The zero-order valence-corrected chi connectivity index (χ0v) is 25.0. The Hall–Kier alpha value is -4.57. The Balaban J connectivity index is 1.44. The number of carboxylic acids is 1. The van der Waals surface area contributed by atoms with Crippen molar-refractivity contribution in [3.63, 3.8) is 0 Å². The number of esters is 1. The van der Waals surface area contributed by atoms with E-state index in [4.69, 9.17) is 28.1 Å². The highest BCUT2D eigenvalue weighted by molar-refractivity contribution is 5.86. The predicted molar refractivity (Wildman–Crippen MR) is 156 cm³/mol. The lowest BCUT2D eigenvalue weighted by atomic mass is 9.97. The maximum atomic E-state index is 13.1. The summed E-state index contributed by atoms with van der Waals surface area (Å²) in [6, 6.07) is 6.75. The third-order valence-corrected chi connectivity index (χ3v) is 7.73. The van der Waals surface area contributed by atoms with Crippen molar-refractivity contribution in [2.75, 3.05) is 13.2 Å². The van der Waals surface area contributed by atoms with Crippen molar-refractivity contribution in [3.05, 3.63) is 46.6 Å². The van der Waals surface area contributed by atoms with Gasteiger partial charge in [0.2, 0.25) is 12.6 Å². The lowest BCUT2D eigenvalue weighted by Crippen LogP contribution is -2.64. The van der Waals surface area contributed by atoms with E-state index in [1.54, 1.807) is 0 Å². The van der Waals surface area contributed by atoms with Gasteiger partial charge in [-0.15, -0.1) is 0 Å². The molecular formula is C30H32O19. The number of carbonyl (C=O) groups is 2. The number of carbonyl (C=O) groups excluding carboxylic acids is 1. The molecule has 3 aromatic rings. The maximum Gasteiger partial charge on any atom is 0.340 e. The van der Waals surface area contributed by atoms with Crippen LogP contribution in [0.1, 0.15) is 6.42 Å². The molecule has 0 aliphatic carbocycles. The van der Waals surface area contributed by atoms with Crippen molar-refractivity contribution >= 4 is 22.9 Å². The van der Waals surface area contributed by atoms with Gasteiger partial charge >= 0.3 is 11.9 Å². The van der Waals surface area contributed by atoms with Crippen LogP contribution in [0.4, 0.5) is 0 Å². The molecule has 49 heavy (non-hydrogen) atoms. The summed E-state index contributed by atoms with van der Waals surface area (Å²) >= 11 is 0. The summed E-state index contributed by atoms with van der Waals surface area (Å²) in [5.41, 5.74) is -0.772. The zero-order chi connectivity index (χ0) is 35.7. The van der Waals surface area contributed by atoms with Crippen LogP contribution in [0.15, 0.2) is 45.6 Å². The molecule has 10 unspecified atom stereocenters. The maximum absolute atomic E-state index is 13.1. The first-order valence-electron chi connectivity index (χ1n) is 14.6. The predicted octanol–water partition coefficient (Wildman–Crippen LogP) is -2.39. The minimum Gasteiger partial charge on any atom is -0.507 e. The fourth-order valence-electron chi connectivity index (χ4n) is 5.18. The molecule has 266 valence electrons. The van der Waals surface area contributed by atoms with Crippen LogP contribution in [-0.4, -0.2) is 138 Å². The average Bonchev–Trinajstić information content (AvgIpc) is 3.04. The number of phenolic OH excluding ortho intramolecular Hbond substituents is 3. The summed E-state index contributed by atoms with van der Waals surface area (Å²) < 4.78 is 32.6. The summed E-state index contributed by atoms with van der Waals surface area (Å²) in [5, 5.41) is 100. The fraction of sp³-hybridized carbons (Fsp3) is 0.433. The zero-order valence-electron chi connectivity index (χ0n) is 25.0. The molecule has 19 heteroatoms. The summed E-state index contributed by atoms with van der Waals surface area (Å²) in [6.07, 6.45) is -20.2. The largest absolute Gasteiger partial charge is 0.507 e. The van der Waals surface area contributed by atoms with E-state index in [2.05, 4.69) is 0 Å². The Kier molecular flexibility index (Phi) is 10.6. The molecule has 19 nitrogen and oxygen atoms in total. The van der Waals surface area contributed by atoms with Crippen molar-refractivity contribution in [2.45, 2.75) is 67.8 Å². The first-order valence-corrected chi connectivity index (χ1v) is 14.6. The van der Waals surface area contributed by atoms with Crippen LogP contribution < -0.4 is 10.2 Å². The Bertz CT molecular complexity index is 1740. The molecule has 2 aliphatic rings. The van der Waals surface area contributed by atoms with Gasteiger partial charge in [-0.3, -0.25) is 4.79 Å². The number of fused-ring (bicyclic) bond motifs is 1. The standard InChI is InChI=1S/C30H32O19/c31-4-1-5-44-26-22(39)21(38)25(28(43)49-29-23(40)19(36)20(37)24(47-29)27(41)42)48-30(26)45-11-7-14(34)18-15(35)9-16(46-17(18)8-11)10-2-3-12(32)13(33)6-10/h2-3,6-9,19-26,29-34,36-40H,1,4-5H2,(H,41,42). The number of hydrogen-bond acceptors (Lipinski definition) is 18. The molecule has 0 radical (unpaired) electrons. The number of benzene rings is 2. The Labute approximate surface area is 273 Å². The molecule has 2 aromatic carbocycles. The third kappa shape index (κ3) is 7.25. The second-order valence-electron chi connectivity index (χ2n) is 11.1. The highest BCUT2D eigenvalue weighted by Crippen LogP contribution is 2.36. The molecule has 1 aromatic heterocycles. The van der Waals surface area contributed by atoms with Crippen LogP contribution in [0.2, 0.25) is 0 Å². The second kappa shape index (κ2) is 14.5. The van der Waals surface area contributed by atoms with Crippen LogP contribution in [0.5, 0.6) is 23.0 Å². The summed E-state index contributed by atoms with van der Waals surface area (Å²) in [5.74, 6) is -5.24. The van der Waals surface area contributed by atoms with Crippen molar-refractivity contribution < 1.29 is 88.8 Å². The van der Waals surface area contributed by atoms with Crippen molar-refractivity contribution in [1.82, 2.24) is 0 Å². The minimum atomic E-state index is -2.18. The number of aliphatic hydroxyl groups is 6.